The van der Waals surface area contributed by atoms with Gasteiger partial charge in [-0.25, -0.2) is 0 Å². The number of benzene rings is 1. The summed E-state index contributed by atoms with van der Waals surface area (Å²) in [5.41, 5.74) is 3.99. The highest BCUT2D eigenvalue weighted by Crippen LogP contribution is 2.22. The van der Waals surface area contributed by atoms with Crippen molar-refractivity contribution in [2.75, 3.05) is 67.8 Å². The summed E-state index contributed by atoms with van der Waals surface area (Å²) >= 11 is 5.92. The van der Waals surface area contributed by atoms with E-state index in [2.05, 4.69) is 25.3 Å². The number of nitrogens with zero attached hydrogens (tertiary/aromatic N) is 5. The molecule has 0 unspecified atom stereocenters. The molecule has 2 aromatic rings. The molecule has 0 atom stereocenters. The predicted molar refractivity (Wildman–Crippen MR) is 111 cm³/mol. The molecule has 28 heavy (non-hydrogen) atoms. The Balaban J connectivity index is 1.54. The summed E-state index contributed by atoms with van der Waals surface area (Å²) in [5, 5.41) is 5.02. The molecule has 4 rings (SSSR count). The summed E-state index contributed by atoms with van der Waals surface area (Å²) in [6.45, 7) is 5.95. The number of anilines is 3. The smallest absolute Gasteiger partial charge is 0.229 e. The second-order valence-electron chi connectivity index (χ2n) is 6.53. The van der Waals surface area contributed by atoms with Crippen molar-refractivity contribution in [1.29, 1.82) is 0 Å². The summed E-state index contributed by atoms with van der Waals surface area (Å²) < 4.78 is 10.9. The van der Waals surface area contributed by atoms with Gasteiger partial charge in [0.2, 0.25) is 5.95 Å². The number of hydrazone groups is 1. The molecule has 1 aromatic carbocycles. The number of morpholine rings is 2. The lowest BCUT2D eigenvalue weighted by atomic mass is 10.2. The van der Waals surface area contributed by atoms with Gasteiger partial charge in [-0.05, 0) is 17.7 Å². The summed E-state index contributed by atoms with van der Waals surface area (Å²) in [7, 11) is 0. The van der Waals surface area contributed by atoms with Crippen molar-refractivity contribution >= 4 is 35.4 Å². The summed E-state index contributed by atoms with van der Waals surface area (Å²) in [6.07, 6.45) is 1.74. The van der Waals surface area contributed by atoms with Gasteiger partial charge in [0.25, 0.3) is 0 Å². The van der Waals surface area contributed by atoms with Crippen molar-refractivity contribution in [1.82, 2.24) is 9.97 Å². The topological polar surface area (TPSA) is 75.1 Å². The van der Waals surface area contributed by atoms with Crippen LogP contribution in [0.15, 0.2) is 35.4 Å². The van der Waals surface area contributed by atoms with E-state index in [1.54, 1.807) is 6.21 Å². The monoisotopic (exact) mass is 402 g/mol. The van der Waals surface area contributed by atoms with Crippen molar-refractivity contribution in [3.63, 3.8) is 0 Å². The van der Waals surface area contributed by atoms with Crippen LogP contribution < -0.4 is 15.2 Å². The number of aromatic nitrogens is 2. The Morgan fingerprint density at radius 1 is 0.929 bits per heavy atom. The fourth-order valence-corrected chi connectivity index (χ4v) is 3.19. The number of hydrogen-bond donors (Lipinski definition) is 1. The van der Waals surface area contributed by atoms with Crippen LogP contribution in [0.5, 0.6) is 0 Å². The minimum atomic E-state index is 0.656. The van der Waals surface area contributed by atoms with Crippen LogP contribution in [0.25, 0.3) is 0 Å². The Morgan fingerprint density at radius 3 is 2.25 bits per heavy atom. The van der Waals surface area contributed by atoms with Crippen molar-refractivity contribution in [2.24, 2.45) is 5.10 Å². The first-order chi connectivity index (χ1) is 13.8. The molecule has 0 amide bonds. The quantitative estimate of drug-likeness (QED) is 0.607. The molecule has 0 radical (unpaired) electrons. The fraction of sp³-hybridized carbons (Fsp3) is 0.421. The Kier molecular flexibility index (Phi) is 6.20. The number of rotatable bonds is 5. The van der Waals surface area contributed by atoms with Crippen molar-refractivity contribution < 1.29 is 9.47 Å². The van der Waals surface area contributed by atoms with Gasteiger partial charge in [-0.2, -0.15) is 15.1 Å². The minimum Gasteiger partial charge on any atom is -0.378 e. The fourth-order valence-electron chi connectivity index (χ4n) is 3.06. The molecule has 2 aliphatic rings. The van der Waals surface area contributed by atoms with Crippen LogP contribution in [-0.4, -0.2) is 68.8 Å². The Labute approximate surface area is 169 Å². The van der Waals surface area contributed by atoms with E-state index in [1.165, 1.54) is 0 Å². The average molecular weight is 403 g/mol. The SMILES string of the molecule is Clc1ccc(/C=N/Nc2cc(N3CCOCC3)nc(N3CCOCC3)n2)cc1. The third-order valence-corrected chi connectivity index (χ3v) is 4.84. The maximum absolute atomic E-state index is 5.92. The molecular formula is C19H23ClN6O2. The van der Waals surface area contributed by atoms with Gasteiger partial charge in [-0.1, -0.05) is 23.7 Å². The second-order valence-corrected chi connectivity index (χ2v) is 6.97. The molecule has 2 aliphatic heterocycles. The van der Waals surface area contributed by atoms with Crippen LogP contribution in [0.2, 0.25) is 5.02 Å². The molecule has 9 heteroatoms. The third kappa shape index (κ3) is 4.89. The first kappa shape index (κ1) is 18.9. The zero-order valence-electron chi connectivity index (χ0n) is 15.6. The van der Waals surface area contributed by atoms with E-state index in [0.29, 0.717) is 43.2 Å². The molecule has 2 fully saturated rings. The second kappa shape index (κ2) is 9.18. The van der Waals surface area contributed by atoms with E-state index in [1.807, 2.05) is 30.3 Å². The lowest BCUT2D eigenvalue weighted by molar-refractivity contribution is 0.121. The first-order valence-corrected chi connectivity index (χ1v) is 9.75. The van der Waals surface area contributed by atoms with E-state index >= 15 is 0 Å². The average Bonchev–Trinajstić information content (AvgIpc) is 2.76. The van der Waals surface area contributed by atoms with Crippen LogP contribution >= 0.6 is 11.6 Å². The van der Waals surface area contributed by atoms with E-state index in [0.717, 1.165) is 37.6 Å². The van der Waals surface area contributed by atoms with Crippen molar-refractivity contribution in [3.8, 4) is 0 Å². The lowest BCUT2D eigenvalue weighted by Gasteiger charge is -2.31. The largest absolute Gasteiger partial charge is 0.378 e. The van der Waals surface area contributed by atoms with Crippen LogP contribution in [0, 0.1) is 0 Å². The van der Waals surface area contributed by atoms with E-state index < -0.39 is 0 Å². The Morgan fingerprint density at radius 2 is 1.57 bits per heavy atom. The highest BCUT2D eigenvalue weighted by Gasteiger charge is 2.19. The molecule has 148 valence electrons. The minimum absolute atomic E-state index is 0.656. The van der Waals surface area contributed by atoms with Gasteiger partial charge in [-0.3, -0.25) is 5.43 Å². The molecular weight excluding hydrogens is 380 g/mol. The highest BCUT2D eigenvalue weighted by molar-refractivity contribution is 6.30. The van der Waals surface area contributed by atoms with Gasteiger partial charge < -0.3 is 19.3 Å². The van der Waals surface area contributed by atoms with Gasteiger partial charge in [0, 0.05) is 37.3 Å². The Bertz CT molecular complexity index is 768. The number of hydrogen-bond acceptors (Lipinski definition) is 8. The van der Waals surface area contributed by atoms with Gasteiger partial charge >= 0.3 is 0 Å². The molecule has 2 saturated heterocycles. The molecule has 0 saturated carbocycles. The van der Waals surface area contributed by atoms with E-state index in [9.17, 15) is 0 Å². The zero-order chi connectivity index (χ0) is 19.2. The van der Waals surface area contributed by atoms with Gasteiger partial charge in [0.1, 0.15) is 5.82 Å². The van der Waals surface area contributed by atoms with Crippen LogP contribution in [-0.2, 0) is 9.47 Å². The van der Waals surface area contributed by atoms with Crippen molar-refractivity contribution in [2.45, 2.75) is 0 Å². The molecule has 0 spiro atoms. The predicted octanol–water partition coefficient (Wildman–Crippen LogP) is 2.25. The van der Waals surface area contributed by atoms with E-state index in [4.69, 9.17) is 26.1 Å². The molecule has 3 heterocycles. The maximum Gasteiger partial charge on any atom is 0.229 e. The molecule has 0 aliphatic carbocycles. The van der Waals surface area contributed by atoms with Crippen LogP contribution in [0.1, 0.15) is 5.56 Å². The standard InChI is InChI=1S/C19H23ClN6O2/c20-16-3-1-15(2-4-16)14-21-24-17-13-18(25-5-9-27-10-6-25)23-19(22-17)26-7-11-28-12-8-26/h1-4,13-14H,5-12H2,(H,22,23,24)/b21-14+. The van der Waals surface area contributed by atoms with Gasteiger partial charge in [0.05, 0.1) is 32.6 Å². The summed E-state index contributed by atoms with van der Waals surface area (Å²) in [5.74, 6) is 2.23. The van der Waals surface area contributed by atoms with Crippen LogP contribution in [0.3, 0.4) is 0 Å². The molecule has 1 N–H and O–H groups in total. The normalized spacial score (nSPS) is 17.9. The summed E-state index contributed by atoms with van der Waals surface area (Å²) in [6, 6.07) is 9.41. The number of halogens is 1. The number of ether oxygens (including phenoxy) is 2. The molecule has 1 aromatic heterocycles. The van der Waals surface area contributed by atoms with Crippen LogP contribution in [0.4, 0.5) is 17.6 Å². The molecule has 8 nitrogen and oxygen atoms in total. The third-order valence-electron chi connectivity index (χ3n) is 4.59. The number of nitrogens with one attached hydrogen (secondary N) is 1. The van der Waals surface area contributed by atoms with Gasteiger partial charge in [0.15, 0.2) is 5.82 Å². The zero-order valence-corrected chi connectivity index (χ0v) is 16.3. The lowest BCUT2D eigenvalue weighted by Crippen LogP contribution is -2.39. The highest BCUT2D eigenvalue weighted by atomic mass is 35.5. The Hall–Kier alpha value is -2.42. The van der Waals surface area contributed by atoms with Gasteiger partial charge in [-0.15, -0.1) is 0 Å². The van der Waals surface area contributed by atoms with Crippen molar-refractivity contribution in [3.05, 3.63) is 40.9 Å². The molecule has 0 bridgehead atoms. The maximum atomic E-state index is 5.92. The summed E-state index contributed by atoms with van der Waals surface area (Å²) in [4.78, 5) is 13.8. The first-order valence-electron chi connectivity index (χ1n) is 9.37. The van der Waals surface area contributed by atoms with E-state index in [-0.39, 0.29) is 0 Å².